The molecule has 0 aromatic rings. The molecular formula is C17H25BO6. The summed E-state index contributed by atoms with van der Waals surface area (Å²) in [5.41, 5.74) is -0.878. The van der Waals surface area contributed by atoms with Gasteiger partial charge in [0.2, 0.25) is 12.1 Å². The van der Waals surface area contributed by atoms with E-state index >= 15 is 0 Å². The first-order chi connectivity index (χ1) is 11.2. The van der Waals surface area contributed by atoms with Crippen LogP contribution in [0, 0.1) is 17.8 Å². The Hall–Kier alpha value is -0.625. The average Bonchev–Trinajstić information content (AvgIpc) is 2.69. The average molecular weight is 336 g/mol. The fourth-order valence-electron chi connectivity index (χ4n) is 5.19. The Bertz CT molecular complexity index is 557. The largest absolute Gasteiger partial charge is 0.436 e. The summed E-state index contributed by atoms with van der Waals surface area (Å²) in [6.45, 7) is 7.40. The molecule has 2 unspecified atom stereocenters. The van der Waals surface area contributed by atoms with Crippen LogP contribution in [0.5, 0.6) is 0 Å². The number of hydrogen-bond donors (Lipinski definition) is 0. The lowest BCUT2D eigenvalue weighted by molar-refractivity contribution is -0.574. The van der Waals surface area contributed by atoms with E-state index in [1.54, 1.807) is 0 Å². The fourth-order valence-corrected chi connectivity index (χ4v) is 5.19. The van der Waals surface area contributed by atoms with Crippen molar-refractivity contribution in [1.82, 2.24) is 0 Å². The van der Waals surface area contributed by atoms with Gasteiger partial charge in [0.05, 0.1) is 7.85 Å². The third kappa shape index (κ3) is 2.01. The lowest BCUT2D eigenvalue weighted by Crippen LogP contribution is -2.72. The summed E-state index contributed by atoms with van der Waals surface area (Å²) in [7, 11) is 6.97. The highest BCUT2D eigenvalue weighted by atomic mass is 17.3. The number of ether oxygens (including phenoxy) is 3. The van der Waals surface area contributed by atoms with Crippen LogP contribution in [0.1, 0.15) is 53.4 Å². The van der Waals surface area contributed by atoms with E-state index in [0.717, 1.165) is 19.3 Å². The Kier molecular flexibility index (Phi) is 3.64. The normalized spacial score (nSPS) is 56.2. The van der Waals surface area contributed by atoms with E-state index in [1.165, 1.54) is 6.92 Å². The number of fused-ring (bicyclic) bond motifs is 2. The predicted octanol–water partition coefficient (Wildman–Crippen LogP) is 2.47. The molecule has 8 atom stereocenters. The highest BCUT2D eigenvalue weighted by molar-refractivity contribution is 6.16. The first kappa shape index (κ1) is 16.8. The van der Waals surface area contributed by atoms with Crippen LogP contribution >= 0.6 is 0 Å². The Balaban J connectivity index is 1.80. The zero-order valence-electron chi connectivity index (χ0n) is 14.7. The van der Waals surface area contributed by atoms with Crippen molar-refractivity contribution in [2.24, 2.45) is 17.8 Å². The first-order valence-corrected chi connectivity index (χ1v) is 8.88. The molecule has 2 radical (unpaired) electrons. The van der Waals surface area contributed by atoms with Crippen LogP contribution in [-0.2, 0) is 28.8 Å². The lowest BCUT2D eigenvalue weighted by atomic mass is 9.42. The highest BCUT2D eigenvalue weighted by Gasteiger charge is 2.73. The summed E-state index contributed by atoms with van der Waals surface area (Å²) < 4.78 is 17.6. The minimum atomic E-state index is -0.898. The summed E-state index contributed by atoms with van der Waals surface area (Å²) >= 11 is 0. The summed E-state index contributed by atoms with van der Waals surface area (Å²) in [5.74, 6) is -1.04. The van der Waals surface area contributed by atoms with E-state index in [1.807, 2.05) is 13.8 Å². The van der Waals surface area contributed by atoms with Gasteiger partial charge in [0.25, 0.3) is 0 Å². The minimum Gasteiger partial charge on any atom is -0.436 e. The lowest BCUT2D eigenvalue weighted by Gasteiger charge is -2.64. The summed E-state index contributed by atoms with van der Waals surface area (Å²) in [6.07, 6.45) is 1.90. The summed E-state index contributed by atoms with van der Waals surface area (Å²) in [6, 6.07) is 0. The van der Waals surface area contributed by atoms with Crippen LogP contribution in [0.25, 0.3) is 0 Å². The molecule has 5 fully saturated rings. The molecule has 4 aliphatic heterocycles. The van der Waals surface area contributed by atoms with Crippen LogP contribution in [0.3, 0.4) is 0 Å². The van der Waals surface area contributed by atoms with Gasteiger partial charge in [-0.3, -0.25) is 4.79 Å². The smallest absolute Gasteiger partial charge is 0.304 e. The maximum absolute atomic E-state index is 11.5. The van der Waals surface area contributed by atoms with E-state index < -0.39 is 29.3 Å². The molecule has 1 saturated carbocycles. The number of esters is 1. The topological polar surface area (TPSA) is 63.2 Å². The van der Waals surface area contributed by atoms with Gasteiger partial charge in [-0.05, 0) is 31.0 Å². The second-order valence-corrected chi connectivity index (χ2v) is 8.14. The zero-order valence-corrected chi connectivity index (χ0v) is 14.7. The van der Waals surface area contributed by atoms with Gasteiger partial charge < -0.3 is 14.2 Å². The van der Waals surface area contributed by atoms with Crippen molar-refractivity contribution >= 4 is 13.8 Å². The molecule has 1 spiro atoms. The van der Waals surface area contributed by atoms with Crippen LogP contribution < -0.4 is 0 Å². The quantitative estimate of drug-likeness (QED) is 0.416. The van der Waals surface area contributed by atoms with Gasteiger partial charge in [-0.2, -0.15) is 0 Å². The molecule has 24 heavy (non-hydrogen) atoms. The maximum atomic E-state index is 11.5. The fraction of sp³-hybridized carbons (Fsp3) is 0.941. The summed E-state index contributed by atoms with van der Waals surface area (Å²) in [4.78, 5) is 23.2. The molecule has 0 aromatic carbocycles. The van der Waals surface area contributed by atoms with E-state index in [2.05, 4.69) is 6.92 Å². The Morgan fingerprint density at radius 1 is 1.21 bits per heavy atom. The van der Waals surface area contributed by atoms with Gasteiger partial charge in [0.15, 0.2) is 11.9 Å². The number of carbonyl (C=O) groups is 1. The Labute approximate surface area is 143 Å². The van der Waals surface area contributed by atoms with E-state index in [9.17, 15) is 4.79 Å². The highest BCUT2D eigenvalue weighted by Crippen LogP contribution is 2.68. The van der Waals surface area contributed by atoms with Crippen LogP contribution in [0.2, 0.25) is 5.31 Å². The van der Waals surface area contributed by atoms with Crippen LogP contribution in [0.4, 0.5) is 0 Å². The number of hydrogen-bond acceptors (Lipinski definition) is 6. The molecule has 4 heterocycles. The second-order valence-electron chi connectivity index (χ2n) is 8.14. The van der Waals surface area contributed by atoms with E-state index in [0.29, 0.717) is 6.42 Å². The molecule has 5 aliphatic rings. The third-order valence-electron chi connectivity index (χ3n) is 6.73. The number of carbonyl (C=O) groups excluding carboxylic acids is 1. The SMILES string of the molecule is [B][C@@]12CC[C@]3(C)OO[C@@]14C(CC[C@H]2C)[C@@H](C)C(OC(C)=O)O[C@@H]4O3. The molecule has 6 nitrogen and oxygen atoms in total. The third-order valence-corrected chi connectivity index (χ3v) is 6.73. The van der Waals surface area contributed by atoms with Gasteiger partial charge in [-0.25, -0.2) is 9.78 Å². The van der Waals surface area contributed by atoms with Crippen LogP contribution in [0.15, 0.2) is 0 Å². The molecule has 7 heteroatoms. The molecular weight excluding hydrogens is 311 g/mol. The van der Waals surface area contributed by atoms with Gasteiger partial charge in [0, 0.05) is 25.2 Å². The van der Waals surface area contributed by atoms with Crippen molar-refractivity contribution in [2.45, 2.75) is 82.7 Å². The molecule has 0 aromatic heterocycles. The Morgan fingerprint density at radius 2 is 1.96 bits per heavy atom. The summed E-state index contributed by atoms with van der Waals surface area (Å²) in [5, 5.41) is -0.607. The second kappa shape index (κ2) is 5.19. The zero-order chi connectivity index (χ0) is 17.3. The van der Waals surface area contributed by atoms with Crippen molar-refractivity contribution < 1.29 is 28.8 Å². The van der Waals surface area contributed by atoms with Gasteiger partial charge in [0.1, 0.15) is 0 Å². The van der Waals surface area contributed by atoms with Crippen molar-refractivity contribution in [3.8, 4) is 0 Å². The van der Waals surface area contributed by atoms with Crippen molar-refractivity contribution in [3.63, 3.8) is 0 Å². The van der Waals surface area contributed by atoms with E-state index in [-0.39, 0.29) is 23.7 Å². The minimum absolute atomic E-state index is 0.0319. The molecule has 1 aliphatic carbocycles. The molecule has 2 bridgehead atoms. The monoisotopic (exact) mass is 336 g/mol. The van der Waals surface area contributed by atoms with Gasteiger partial charge in [-0.15, -0.1) is 0 Å². The molecule has 4 saturated heterocycles. The van der Waals surface area contributed by atoms with Gasteiger partial charge in [-0.1, -0.05) is 20.3 Å². The Morgan fingerprint density at radius 3 is 2.67 bits per heavy atom. The predicted molar refractivity (Wildman–Crippen MR) is 83.6 cm³/mol. The van der Waals surface area contributed by atoms with Crippen molar-refractivity contribution in [1.29, 1.82) is 0 Å². The molecule has 5 rings (SSSR count). The molecule has 132 valence electrons. The standard InChI is InChI=1S/C17H25BO6/c1-9-5-6-12-10(2)13(20-11(3)19)21-14-17(12)16(9,18)8-7-15(4,22-14)23-24-17/h9-10,12-14H,5-8H2,1-4H3/t9-,10-,12?,13?,14-,15+,16-,17-/m1/s1. The molecule has 0 N–H and O–H groups in total. The van der Waals surface area contributed by atoms with Crippen LogP contribution in [-0.4, -0.2) is 37.8 Å². The van der Waals surface area contributed by atoms with Crippen molar-refractivity contribution in [3.05, 3.63) is 0 Å². The van der Waals surface area contributed by atoms with Gasteiger partial charge >= 0.3 is 5.97 Å². The van der Waals surface area contributed by atoms with Crippen molar-refractivity contribution in [2.75, 3.05) is 0 Å². The first-order valence-electron chi connectivity index (χ1n) is 8.88. The van der Waals surface area contributed by atoms with E-state index in [4.69, 9.17) is 31.8 Å². The maximum Gasteiger partial charge on any atom is 0.304 e. The number of rotatable bonds is 1. The molecule has 0 amide bonds.